The highest BCUT2D eigenvalue weighted by atomic mass is 16.5. The Hall–Kier alpha value is -1.36. The molecular formula is C13H22N4O. The SMILES string of the molecule is CCCOc1cc(C)nc(N2CCC(NC)C2)n1. The van der Waals surface area contributed by atoms with Crippen molar-refractivity contribution in [2.24, 2.45) is 0 Å². The predicted molar refractivity (Wildman–Crippen MR) is 72.2 cm³/mol. The maximum Gasteiger partial charge on any atom is 0.228 e. The fourth-order valence-corrected chi connectivity index (χ4v) is 2.12. The van der Waals surface area contributed by atoms with Crippen LogP contribution in [0.15, 0.2) is 6.07 Å². The fourth-order valence-electron chi connectivity index (χ4n) is 2.12. The molecule has 0 aliphatic carbocycles. The molecule has 0 radical (unpaired) electrons. The Kier molecular flexibility index (Phi) is 4.36. The Morgan fingerprint density at radius 1 is 1.50 bits per heavy atom. The van der Waals surface area contributed by atoms with E-state index in [1.54, 1.807) is 0 Å². The van der Waals surface area contributed by atoms with Crippen LogP contribution >= 0.6 is 0 Å². The number of aromatic nitrogens is 2. The Morgan fingerprint density at radius 2 is 2.33 bits per heavy atom. The molecule has 0 spiro atoms. The van der Waals surface area contributed by atoms with Crippen molar-refractivity contribution in [1.82, 2.24) is 15.3 Å². The minimum absolute atomic E-state index is 0.536. The van der Waals surface area contributed by atoms with Gasteiger partial charge in [-0.25, -0.2) is 4.98 Å². The van der Waals surface area contributed by atoms with Crippen LogP contribution in [0.2, 0.25) is 0 Å². The molecule has 0 amide bonds. The molecule has 1 saturated heterocycles. The van der Waals surface area contributed by atoms with Crippen molar-refractivity contribution in [3.63, 3.8) is 0 Å². The van der Waals surface area contributed by atoms with Gasteiger partial charge in [0.25, 0.3) is 0 Å². The second-order valence-corrected chi connectivity index (χ2v) is 4.72. The van der Waals surface area contributed by atoms with Gasteiger partial charge in [-0.05, 0) is 26.8 Å². The summed E-state index contributed by atoms with van der Waals surface area (Å²) in [6, 6.07) is 2.43. The molecule has 1 N–H and O–H groups in total. The molecule has 2 heterocycles. The lowest BCUT2D eigenvalue weighted by atomic mass is 10.3. The van der Waals surface area contributed by atoms with Crippen molar-refractivity contribution in [3.8, 4) is 5.88 Å². The first kappa shape index (κ1) is 13.1. The van der Waals surface area contributed by atoms with Gasteiger partial charge >= 0.3 is 0 Å². The Morgan fingerprint density at radius 3 is 3.00 bits per heavy atom. The van der Waals surface area contributed by atoms with Gasteiger partial charge in [0, 0.05) is 30.9 Å². The number of anilines is 1. The zero-order valence-electron chi connectivity index (χ0n) is 11.4. The van der Waals surface area contributed by atoms with Crippen LogP contribution < -0.4 is 15.0 Å². The standard InChI is InChI=1S/C13H22N4O/c1-4-7-18-12-8-10(2)15-13(16-12)17-6-5-11(9-17)14-3/h8,11,14H,4-7,9H2,1-3H3. The number of hydrogen-bond acceptors (Lipinski definition) is 5. The zero-order valence-corrected chi connectivity index (χ0v) is 11.4. The van der Waals surface area contributed by atoms with Crippen molar-refractivity contribution < 1.29 is 4.74 Å². The van der Waals surface area contributed by atoms with Gasteiger partial charge in [0.05, 0.1) is 6.61 Å². The third-order valence-corrected chi connectivity index (χ3v) is 3.15. The zero-order chi connectivity index (χ0) is 13.0. The van der Waals surface area contributed by atoms with E-state index in [4.69, 9.17) is 4.74 Å². The summed E-state index contributed by atoms with van der Waals surface area (Å²) in [4.78, 5) is 11.2. The Labute approximate surface area is 109 Å². The topological polar surface area (TPSA) is 50.3 Å². The monoisotopic (exact) mass is 250 g/mol. The summed E-state index contributed by atoms with van der Waals surface area (Å²) in [5.74, 6) is 1.48. The maximum absolute atomic E-state index is 5.60. The van der Waals surface area contributed by atoms with Gasteiger partial charge < -0.3 is 15.0 Å². The van der Waals surface area contributed by atoms with E-state index in [1.807, 2.05) is 20.0 Å². The molecule has 5 heteroatoms. The number of hydrogen-bond donors (Lipinski definition) is 1. The number of ether oxygens (including phenoxy) is 1. The van der Waals surface area contributed by atoms with Gasteiger partial charge in [0.1, 0.15) is 0 Å². The summed E-state index contributed by atoms with van der Waals surface area (Å²) in [7, 11) is 2.00. The van der Waals surface area contributed by atoms with E-state index >= 15 is 0 Å². The molecule has 1 aliphatic heterocycles. The van der Waals surface area contributed by atoms with Crippen LogP contribution in [0.1, 0.15) is 25.5 Å². The average molecular weight is 250 g/mol. The highest BCUT2D eigenvalue weighted by Crippen LogP contribution is 2.19. The average Bonchev–Trinajstić information content (AvgIpc) is 2.84. The van der Waals surface area contributed by atoms with Crippen LogP contribution in [-0.4, -0.2) is 42.8 Å². The van der Waals surface area contributed by atoms with Gasteiger partial charge in [-0.1, -0.05) is 6.92 Å². The molecular weight excluding hydrogens is 228 g/mol. The van der Waals surface area contributed by atoms with E-state index in [1.165, 1.54) is 0 Å². The van der Waals surface area contributed by atoms with E-state index in [0.717, 1.165) is 37.6 Å². The van der Waals surface area contributed by atoms with Crippen molar-refractivity contribution in [2.45, 2.75) is 32.7 Å². The maximum atomic E-state index is 5.60. The van der Waals surface area contributed by atoms with E-state index in [2.05, 4.69) is 27.1 Å². The highest BCUT2D eigenvalue weighted by molar-refractivity contribution is 5.36. The molecule has 1 aliphatic rings. The van der Waals surface area contributed by atoms with Crippen molar-refractivity contribution in [1.29, 1.82) is 0 Å². The molecule has 0 aromatic carbocycles. The number of nitrogens with zero attached hydrogens (tertiary/aromatic N) is 3. The fraction of sp³-hybridized carbons (Fsp3) is 0.692. The summed E-state index contributed by atoms with van der Waals surface area (Å²) in [5.41, 5.74) is 0.957. The molecule has 18 heavy (non-hydrogen) atoms. The lowest BCUT2D eigenvalue weighted by molar-refractivity contribution is 0.304. The van der Waals surface area contributed by atoms with E-state index in [9.17, 15) is 0 Å². The molecule has 1 unspecified atom stereocenters. The summed E-state index contributed by atoms with van der Waals surface area (Å²) in [5, 5.41) is 3.30. The quantitative estimate of drug-likeness (QED) is 0.855. The summed E-state index contributed by atoms with van der Waals surface area (Å²) >= 11 is 0. The molecule has 0 saturated carbocycles. The lowest BCUT2D eigenvalue weighted by Crippen LogP contribution is -2.30. The minimum Gasteiger partial charge on any atom is -0.478 e. The van der Waals surface area contributed by atoms with Gasteiger partial charge in [0.2, 0.25) is 11.8 Å². The van der Waals surface area contributed by atoms with Gasteiger partial charge in [-0.15, -0.1) is 0 Å². The number of nitrogens with one attached hydrogen (secondary N) is 1. The first-order valence-corrected chi connectivity index (χ1v) is 6.63. The predicted octanol–water partition coefficient (Wildman–Crippen LogP) is 1.37. The first-order chi connectivity index (χ1) is 8.72. The van der Waals surface area contributed by atoms with Crippen LogP contribution in [0.4, 0.5) is 5.95 Å². The second kappa shape index (κ2) is 6.00. The summed E-state index contributed by atoms with van der Waals surface area (Å²) in [6.07, 6.45) is 2.13. The molecule has 1 aromatic rings. The summed E-state index contributed by atoms with van der Waals surface area (Å²) in [6.45, 7) is 6.74. The van der Waals surface area contributed by atoms with Gasteiger partial charge in [0.15, 0.2) is 0 Å². The van der Waals surface area contributed by atoms with E-state index in [0.29, 0.717) is 18.5 Å². The second-order valence-electron chi connectivity index (χ2n) is 4.72. The van der Waals surface area contributed by atoms with Crippen LogP contribution in [0.5, 0.6) is 5.88 Å². The van der Waals surface area contributed by atoms with Gasteiger partial charge in [-0.3, -0.25) is 0 Å². The molecule has 0 bridgehead atoms. The largest absolute Gasteiger partial charge is 0.478 e. The third kappa shape index (κ3) is 3.10. The van der Waals surface area contributed by atoms with Crippen LogP contribution in [0, 0.1) is 6.92 Å². The van der Waals surface area contributed by atoms with Crippen molar-refractivity contribution in [3.05, 3.63) is 11.8 Å². The molecule has 1 fully saturated rings. The van der Waals surface area contributed by atoms with Crippen LogP contribution in [0.3, 0.4) is 0 Å². The molecule has 2 rings (SSSR count). The minimum atomic E-state index is 0.536. The third-order valence-electron chi connectivity index (χ3n) is 3.15. The molecule has 1 atom stereocenters. The first-order valence-electron chi connectivity index (χ1n) is 6.63. The number of likely N-dealkylation sites (N-methyl/N-ethyl adjacent to an activating group) is 1. The molecule has 5 nitrogen and oxygen atoms in total. The van der Waals surface area contributed by atoms with Crippen molar-refractivity contribution in [2.75, 3.05) is 31.6 Å². The number of aryl methyl sites for hydroxylation is 1. The normalized spacial score (nSPS) is 19.3. The smallest absolute Gasteiger partial charge is 0.228 e. The van der Waals surface area contributed by atoms with Crippen LogP contribution in [-0.2, 0) is 0 Å². The van der Waals surface area contributed by atoms with Crippen molar-refractivity contribution >= 4 is 5.95 Å². The molecule has 100 valence electrons. The van der Waals surface area contributed by atoms with Crippen LogP contribution in [0.25, 0.3) is 0 Å². The van der Waals surface area contributed by atoms with E-state index < -0.39 is 0 Å². The van der Waals surface area contributed by atoms with Gasteiger partial charge in [-0.2, -0.15) is 4.98 Å². The Balaban J connectivity index is 2.10. The molecule has 1 aromatic heterocycles. The Bertz CT molecular complexity index is 397. The summed E-state index contributed by atoms with van der Waals surface area (Å²) < 4.78 is 5.60. The lowest BCUT2D eigenvalue weighted by Gasteiger charge is -2.17. The van der Waals surface area contributed by atoms with E-state index in [-0.39, 0.29) is 0 Å². The number of rotatable bonds is 5. The highest BCUT2D eigenvalue weighted by Gasteiger charge is 2.23.